The van der Waals surface area contributed by atoms with Crippen LogP contribution in [0.25, 0.3) is 0 Å². The van der Waals surface area contributed by atoms with Crippen LogP contribution in [0.5, 0.6) is 0 Å². The number of amides is 1. The average Bonchev–Trinajstić information content (AvgIpc) is 2.50. The van der Waals surface area contributed by atoms with Crippen molar-refractivity contribution in [1.82, 2.24) is 15.1 Å². The van der Waals surface area contributed by atoms with Gasteiger partial charge < -0.3 is 10.4 Å². The van der Waals surface area contributed by atoms with Crippen molar-refractivity contribution < 1.29 is 9.90 Å². The minimum atomic E-state index is -0.129. The predicted octanol–water partition coefficient (Wildman–Crippen LogP) is -0.235. The Balaban J connectivity index is 2.50. The normalized spacial score (nSPS) is 21.1. The number of nitrogens with zero attached hydrogens (tertiary/aromatic N) is 2. The third-order valence-electron chi connectivity index (χ3n) is 2.02. The molecule has 0 fully saturated rings. The molecule has 0 saturated carbocycles. The number of hydrogen-bond donors (Lipinski definition) is 2. The molecule has 0 radical (unpaired) electrons. The molecule has 0 saturated heterocycles. The van der Waals surface area contributed by atoms with Crippen LogP contribution >= 0.6 is 22.6 Å². The Morgan fingerprint density at radius 3 is 3.31 bits per heavy atom. The highest BCUT2D eigenvalue weighted by atomic mass is 127. The summed E-state index contributed by atoms with van der Waals surface area (Å²) in [6, 6.07) is -0.129. The minimum Gasteiger partial charge on any atom is -0.394 e. The third-order valence-corrected chi connectivity index (χ3v) is 2.81. The summed E-state index contributed by atoms with van der Waals surface area (Å²) in [7, 11) is 0. The molecule has 0 aliphatic carbocycles. The van der Waals surface area contributed by atoms with Gasteiger partial charge in [-0.2, -0.15) is 5.10 Å². The van der Waals surface area contributed by atoms with Crippen molar-refractivity contribution >= 4 is 28.5 Å². The molecule has 1 unspecified atom stereocenters. The molecule has 13 heavy (non-hydrogen) atoms. The van der Waals surface area contributed by atoms with Crippen LogP contribution in [0.15, 0.2) is 6.20 Å². The first-order chi connectivity index (χ1) is 6.24. The molecule has 1 aliphatic heterocycles. The molecule has 2 N–H and O–H groups in total. The second-order valence-electron chi connectivity index (χ2n) is 2.83. The van der Waals surface area contributed by atoms with Crippen molar-refractivity contribution in [2.45, 2.75) is 6.04 Å². The van der Waals surface area contributed by atoms with Gasteiger partial charge >= 0.3 is 0 Å². The number of carbonyl (C=O) groups excluding carboxylic acids is 1. The van der Waals surface area contributed by atoms with Crippen LogP contribution in [0.2, 0.25) is 0 Å². The summed E-state index contributed by atoms with van der Waals surface area (Å²) in [5.74, 6) is -0.119. The summed E-state index contributed by atoms with van der Waals surface area (Å²) in [6.07, 6.45) is 1.63. The minimum absolute atomic E-state index is 0.00889. The molecular formula is C7H8IN3O2. The van der Waals surface area contributed by atoms with Gasteiger partial charge in [-0.1, -0.05) is 0 Å². The average molecular weight is 293 g/mol. The van der Waals surface area contributed by atoms with Crippen molar-refractivity contribution in [2.24, 2.45) is 0 Å². The number of aliphatic hydroxyl groups excluding tert-OH is 1. The molecule has 1 aromatic rings. The summed E-state index contributed by atoms with van der Waals surface area (Å²) >= 11 is 2.05. The van der Waals surface area contributed by atoms with Gasteiger partial charge in [0.2, 0.25) is 0 Å². The van der Waals surface area contributed by atoms with Gasteiger partial charge in [0.1, 0.15) is 5.69 Å². The maximum absolute atomic E-state index is 11.4. The highest BCUT2D eigenvalue weighted by molar-refractivity contribution is 14.1. The van der Waals surface area contributed by atoms with Gasteiger partial charge in [0.05, 0.1) is 22.4 Å². The van der Waals surface area contributed by atoms with Gasteiger partial charge in [-0.05, 0) is 22.6 Å². The zero-order valence-electron chi connectivity index (χ0n) is 6.70. The van der Waals surface area contributed by atoms with Crippen LogP contribution in [0.1, 0.15) is 16.5 Å². The summed E-state index contributed by atoms with van der Waals surface area (Å²) < 4.78 is 2.40. The largest absolute Gasteiger partial charge is 0.394 e. The van der Waals surface area contributed by atoms with Crippen molar-refractivity contribution in [3.05, 3.63) is 15.5 Å². The monoisotopic (exact) mass is 293 g/mol. The van der Waals surface area contributed by atoms with E-state index >= 15 is 0 Å². The van der Waals surface area contributed by atoms with E-state index in [9.17, 15) is 4.79 Å². The van der Waals surface area contributed by atoms with Gasteiger partial charge in [-0.25, -0.2) is 0 Å². The van der Waals surface area contributed by atoms with Crippen LogP contribution in [-0.2, 0) is 0 Å². The molecule has 0 aromatic carbocycles. The number of halogens is 1. The van der Waals surface area contributed by atoms with Crippen molar-refractivity contribution in [2.75, 3.05) is 13.2 Å². The standard InChI is InChI=1S/C7H8IN3O2/c8-5-2-10-11-4(3-12)1-9-7(13)6(5)11/h2,4,12H,1,3H2,(H,9,13). The fourth-order valence-electron chi connectivity index (χ4n) is 1.35. The Bertz CT molecular complexity index is 350. The molecule has 1 amide bonds. The van der Waals surface area contributed by atoms with Gasteiger partial charge in [-0.3, -0.25) is 9.48 Å². The SMILES string of the molecule is O=C1NCC(CO)n2ncc(I)c21. The lowest BCUT2D eigenvalue weighted by Crippen LogP contribution is -2.41. The van der Waals surface area contributed by atoms with E-state index in [1.165, 1.54) is 0 Å². The highest BCUT2D eigenvalue weighted by Crippen LogP contribution is 2.19. The Hall–Kier alpha value is -0.630. The molecule has 5 nitrogen and oxygen atoms in total. The lowest BCUT2D eigenvalue weighted by atomic mass is 10.2. The second-order valence-corrected chi connectivity index (χ2v) is 3.99. The van der Waals surface area contributed by atoms with E-state index < -0.39 is 0 Å². The maximum atomic E-state index is 11.4. The summed E-state index contributed by atoms with van der Waals surface area (Å²) in [4.78, 5) is 11.4. The van der Waals surface area contributed by atoms with Crippen molar-refractivity contribution in [3.8, 4) is 0 Å². The molecule has 6 heteroatoms. The van der Waals surface area contributed by atoms with Gasteiger partial charge in [0, 0.05) is 6.54 Å². The zero-order chi connectivity index (χ0) is 9.42. The van der Waals surface area contributed by atoms with Gasteiger partial charge in [-0.15, -0.1) is 0 Å². The first-order valence-electron chi connectivity index (χ1n) is 3.86. The number of aliphatic hydroxyl groups is 1. The van der Waals surface area contributed by atoms with E-state index in [0.717, 1.165) is 3.57 Å². The third kappa shape index (κ3) is 1.33. The van der Waals surface area contributed by atoms with E-state index in [0.29, 0.717) is 12.2 Å². The quantitative estimate of drug-likeness (QED) is 0.703. The Morgan fingerprint density at radius 2 is 2.62 bits per heavy atom. The lowest BCUT2D eigenvalue weighted by Gasteiger charge is -2.23. The first-order valence-corrected chi connectivity index (χ1v) is 4.94. The smallest absolute Gasteiger partial charge is 0.270 e. The Morgan fingerprint density at radius 1 is 1.85 bits per heavy atom. The van der Waals surface area contributed by atoms with Crippen LogP contribution < -0.4 is 5.32 Å². The topological polar surface area (TPSA) is 67.2 Å². The van der Waals surface area contributed by atoms with E-state index in [1.54, 1.807) is 10.9 Å². The molecule has 0 spiro atoms. The van der Waals surface area contributed by atoms with Gasteiger partial charge in [0.15, 0.2) is 0 Å². The fraction of sp³-hybridized carbons (Fsp3) is 0.429. The maximum Gasteiger partial charge on any atom is 0.270 e. The zero-order valence-corrected chi connectivity index (χ0v) is 8.85. The molecule has 70 valence electrons. The number of fused-ring (bicyclic) bond motifs is 1. The van der Waals surface area contributed by atoms with Crippen molar-refractivity contribution in [1.29, 1.82) is 0 Å². The van der Waals surface area contributed by atoms with E-state index in [1.807, 2.05) is 0 Å². The van der Waals surface area contributed by atoms with Crippen LogP contribution in [0.4, 0.5) is 0 Å². The van der Waals surface area contributed by atoms with E-state index in [-0.39, 0.29) is 18.6 Å². The van der Waals surface area contributed by atoms with Gasteiger partial charge in [0.25, 0.3) is 5.91 Å². The van der Waals surface area contributed by atoms with Crippen LogP contribution in [0.3, 0.4) is 0 Å². The summed E-state index contributed by atoms with van der Waals surface area (Å²) in [5.41, 5.74) is 0.547. The molecule has 0 bridgehead atoms. The number of nitrogens with one attached hydrogen (secondary N) is 1. The summed E-state index contributed by atoms with van der Waals surface area (Å²) in [5, 5.41) is 15.8. The number of aromatic nitrogens is 2. The summed E-state index contributed by atoms with van der Waals surface area (Å²) in [6.45, 7) is 0.436. The second kappa shape index (κ2) is 3.26. The molecule has 2 rings (SSSR count). The molecule has 1 aliphatic rings. The fourth-order valence-corrected chi connectivity index (χ4v) is 1.97. The Labute approximate surface area is 88.3 Å². The molecular weight excluding hydrogens is 285 g/mol. The van der Waals surface area contributed by atoms with Crippen LogP contribution in [-0.4, -0.2) is 33.9 Å². The molecule has 2 heterocycles. The molecule has 1 atom stereocenters. The van der Waals surface area contributed by atoms with Crippen LogP contribution in [0, 0.1) is 3.57 Å². The number of carbonyl (C=O) groups is 1. The van der Waals surface area contributed by atoms with E-state index in [4.69, 9.17) is 5.11 Å². The number of rotatable bonds is 1. The first kappa shape index (κ1) is 8.95. The number of hydrogen-bond acceptors (Lipinski definition) is 3. The lowest BCUT2D eigenvalue weighted by molar-refractivity contribution is 0.0887. The Kier molecular flexibility index (Phi) is 2.24. The molecule has 1 aromatic heterocycles. The predicted molar refractivity (Wildman–Crippen MR) is 53.4 cm³/mol. The highest BCUT2D eigenvalue weighted by Gasteiger charge is 2.27. The van der Waals surface area contributed by atoms with Crippen molar-refractivity contribution in [3.63, 3.8) is 0 Å². The van der Waals surface area contributed by atoms with E-state index in [2.05, 4.69) is 33.0 Å².